The average molecular weight is 224 g/mol. The first-order valence-corrected chi connectivity index (χ1v) is 5.24. The minimum absolute atomic E-state index is 0.289. The van der Waals surface area contributed by atoms with Crippen LogP contribution in [-0.4, -0.2) is 36.8 Å². The summed E-state index contributed by atoms with van der Waals surface area (Å²) >= 11 is 0. The molecule has 1 aliphatic rings. The van der Waals surface area contributed by atoms with E-state index in [9.17, 15) is 13.2 Å². The Labute approximate surface area is 88.6 Å². The first-order chi connectivity index (χ1) is 6.73. The predicted molar refractivity (Wildman–Crippen MR) is 53.5 cm³/mol. The zero-order chi connectivity index (χ0) is 11.7. The van der Waals surface area contributed by atoms with Gasteiger partial charge in [0.25, 0.3) is 0 Å². The van der Waals surface area contributed by atoms with Gasteiger partial charge in [-0.3, -0.25) is 4.90 Å². The molecule has 2 nitrogen and oxygen atoms in total. The van der Waals surface area contributed by atoms with Gasteiger partial charge in [-0.25, -0.2) is 0 Å². The van der Waals surface area contributed by atoms with E-state index in [1.54, 1.807) is 13.8 Å². The van der Waals surface area contributed by atoms with Gasteiger partial charge in [0.2, 0.25) is 0 Å². The maximum atomic E-state index is 12.3. The largest absolute Gasteiger partial charge is 0.389 e. The Morgan fingerprint density at radius 3 is 2.27 bits per heavy atom. The number of nitrogens with zero attached hydrogens (tertiary/aromatic N) is 1. The molecule has 0 aromatic rings. The summed E-state index contributed by atoms with van der Waals surface area (Å²) in [4.78, 5) is 2.05. The Morgan fingerprint density at radius 1 is 1.33 bits per heavy atom. The van der Waals surface area contributed by atoms with Crippen molar-refractivity contribution in [3.8, 4) is 0 Å². The third-order valence-corrected chi connectivity index (χ3v) is 2.85. The molecule has 0 aliphatic carbocycles. The summed E-state index contributed by atoms with van der Waals surface area (Å²) in [7, 11) is 0. The number of alkyl halides is 3. The van der Waals surface area contributed by atoms with E-state index in [0.29, 0.717) is 13.1 Å². The predicted octanol–water partition coefficient (Wildman–Crippen LogP) is 2.00. The fourth-order valence-electron chi connectivity index (χ4n) is 2.12. The first-order valence-electron chi connectivity index (χ1n) is 5.24. The van der Waals surface area contributed by atoms with Gasteiger partial charge in [-0.2, -0.15) is 13.2 Å². The summed E-state index contributed by atoms with van der Waals surface area (Å²) < 4.78 is 36.8. The molecule has 0 aromatic carbocycles. The van der Waals surface area contributed by atoms with E-state index in [1.165, 1.54) is 0 Å². The van der Waals surface area contributed by atoms with Gasteiger partial charge in [0, 0.05) is 32.1 Å². The van der Waals surface area contributed by atoms with E-state index < -0.39 is 18.0 Å². The van der Waals surface area contributed by atoms with Gasteiger partial charge in [-0.1, -0.05) is 13.8 Å². The summed E-state index contributed by atoms with van der Waals surface area (Å²) in [5.74, 6) is 0. The minimum atomic E-state index is -4.08. The van der Waals surface area contributed by atoms with Gasteiger partial charge in [0.1, 0.15) is 0 Å². The maximum Gasteiger partial charge on any atom is 0.389 e. The molecule has 2 N–H and O–H groups in total. The van der Waals surface area contributed by atoms with Crippen molar-refractivity contribution in [2.45, 2.75) is 38.9 Å². The lowest BCUT2D eigenvalue weighted by atomic mass is 9.86. The molecule has 0 radical (unpaired) electrons. The third kappa shape index (κ3) is 3.99. The van der Waals surface area contributed by atoms with Crippen LogP contribution in [0.5, 0.6) is 0 Å². The Hall–Kier alpha value is -0.290. The van der Waals surface area contributed by atoms with Gasteiger partial charge >= 0.3 is 6.18 Å². The normalized spacial score (nSPS) is 24.0. The molecule has 0 bridgehead atoms. The summed E-state index contributed by atoms with van der Waals surface area (Å²) in [6.45, 7) is 5.22. The first kappa shape index (κ1) is 12.8. The number of rotatable bonds is 4. The van der Waals surface area contributed by atoms with Crippen LogP contribution in [-0.2, 0) is 0 Å². The molecule has 5 heteroatoms. The second-order valence-electron chi connectivity index (χ2n) is 5.10. The second kappa shape index (κ2) is 4.29. The number of likely N-dealkylation sites (tertiary alicyclic amines) is 1. The van der Waals surface area contributed by atoms with Gasteiger partial charge in [0.05, 0.1) is 0 Å². The Balaban J connectivity index is 2.42. The lowest BCUT2D eigenvalue weighted by molar-refractivity contribution is -0.158. The summed E-state index contributed by atoms with van der Waals surface area (Å²) in [6.07, 6.45) is -3.79. The van der Waals surface area contributed by atoms with Crippen LogP contribution in [0.15, 0.2) is 0 Å². The van der Waals surface area contributed by atoms with E-state index in [1.807, 2.05) is 4.90 Å². The number of nitrogens with two attached hydrogens (primary N) is 1. The molecule has 1 fully saturated rings. The van der Waals surface area contributed by atoms with E-state index in [0.717, 1.165) is 13.0 Å². The second-order valence-corrected chi connectivity index (χ2v) is 5.10. The minimum Gasteiger partial charge on any atom is -0.329 e. The van der Waals surface area contributed by atoms with Gasteiger partial charge in [0.15, 0.2) is 0 Å². The van der Waals surface area contributed by atoms with Crippen LogP contribution < -0.4 is 5.73 Å². The smallest absolute Gasteiger partial charge is 0.329 e. The Kier molecular flexibility index (Phi) is 3.66. The van der Waals surface area contributed by atoms with Crippen LogP contribution in [0, 0.1) is 5.41 Å². The fraction of sp³-hybridized carbons (Fsp3) is 1.00. The molecule has 0 spiro atoms. The van der Waals surface area contributed by atoms with Crippen molar-refractivity contribution in [2.75, 3.05) is 19.6 Å². The average Bonchev–Trinajstić information content (AvgIpc) is 1.95. The molecule has 1 saturated heterocycles. The lowest BCUT2D eigenvalue weighted by Crippen LogP contribution is -2.54. The summed E-state index contributed by atoms with van der Waals surface area (Å²) in [5.41, 5.74) is 4.79. The zero-order valence-corrected chi connectivity index (χ0v) is 9.27. The molecule has 15 heavy (non-hydrogen) atoms. The number of halogens is 3. The zero-order valence-electron chi connectivity index (χ0n) is 9.27. The van der Waals surface area contributed by atoms with E-state index in [4.69, 9.17) is 5.73 Å². The number of hydrogen-bond donors (Lipinski definition) is 1. The van der Waals surface area contributed by atoms with Crippen LogP contribution in [0.2, 0.25) is 0 Å². The highest BCUT2D eigenvalue weighted by atomic mass is 19.4. The summed E-state index contributed by atoms with van der Waals surface area (Å²) in [6, 6.07) is 0.289. The molecular formula is C10H19F3N2. The molecule has 0 aromatic heterocycles. The van der Waals surface area contributed by atoms with Crippen molar-refractivity contribution >= 4 is 0 Å². The van der Waals surface area contributed by atoms with E-state index >= 15 is 0 Å². The van der Waals surface area contributed by atoms with Crippen LogP contribution >= 0.6 is 0 Å². The highest BCUT2D eigenvalue weighted by Crippen LogP contribution is 2.35. The molecule has 1 atom stereocenters. The van der Waals surface area contributed by atoms with Crippen molar-refractivity contribution in [2.24, 2.45) is 11.1 Å². The topological polar surface area (TPSA) is 29.3 Å². The third-order valence-electron chi connectivity index (χ3n) is 2.85. The Bertz CT molecular complexity index is 211. The van der Waals surface area contributed by atoms with Crippen molar-refractivity contribution in [3.63, 3.8) is 0 Å². The van der Waals surface area contributed by atoms with E-state index in [-0.39, 0.29) is 6.04 Å². The monoisotopic (exact) mass is 224 g/mol. The van der Waals surface area contributed by atoms with Gasteiger partial charge < -0.3 is 5.73 Å². The number of hydrogen-bond acceptors (Lipinski definition) is 2. The van der Waals surface area contributed by atoms with Crippen molar-refractivity contribution in [3.05, 3.63) is 0 Å². The van der Waals surface area contributed by atoms with Crippen molar-refractivity contribution < 1.29 is 13.2 Å². The quantitative estimate of drug-likeness (QED) is 0.791. The molecule has 90 valence electrons. The Morgan fingerprint density at radius 2 is 1.93 bits per heavy atom. The standard InChI is InChI=1S/C10H19F3N2/c1-9(2,6-10(11,12)13)7-15-4-3-8(15)5-14/h8H,3-7,14H2,1-2H3. The van der Waals surface area contributed by atoms with Gasteiger partial charge in [-0.15, -0.1) is 0 Å². The van der Waals surface area contributed by atoms with Crippen LogP contribution in [0.4, 0.5) is 13.2 Å². The summed E-state index contributed by atoms with van der Waals surface area (Å²) in [5, 5.41) is 0. The highest BCUT2D eigenvalue weighted by molar-refractivity contribution is 4.88. The highest BCUT2D eigenvalue weighted by Gasteiger charge is 2.39. The van der Waals surface area contributed by atoms with E-state index in [2.05, 4.69) is 0 Å². The van der Waals surface area contributed by atoms with Gasteiger partial charge in [-0.05, 0) is 11.8 Å². The lowest BCUT2D eigenvalue weighted by Gasteiger charge is -2.44. The molecule has 1 heterocycles. The molecule has 1 unspecified atom stereocenters. The van der Waals surface area contributed by atoms with Crippen LogP contribution in [0.1, 0.15) is 26.7 Å². The maximum absolute atomic E-state index is 12.3. The molecule has 1 aliphatic heterocycles. The molecule has 0 amide bonds. The molecule has 0 saturated carbocycles. The van der Waals surface area contributed by atoms with Crippen LogP contribution in [0.3, 0.4) is 0 Å². The SMILES string of the molecule is CC(C)(CN1CCC1CN)CC(F)(F)F. The van der Waals surface area contributed by atoms with Crippen molar-refractivity contribution in [1.82, 2.24) is 4.90 Å². The fourth-order valence-corrected chi connectivity index (χ4v) is 2.12. The molecular weight excluding hydrogens is 205 g/mol. The molecule has 1 rings (SSSR count). The van der Waals surface area contributed by atoms with Crippen LogP contribution in [0.25, 0.3) is 0 Å². The van der Waals surface area contributed by atoms with Crippen molar-refractivity contribution in [1.29, 1.82) is 0 Å².